The Labute approximate surface area is 161 Å². The minimum atomic E-state index is -0.116. The van der Waals surface area contributed by atoms with Crippen molar-refractivity contribution in [2.24, 2.45) is 0 Å². The van der Waals surface area contributed by atoms with Crippen LogP contribution in [0.5, 0.6) is 11.5 Å². The first-order valence-corrected chi connectivity index (χ1v) is 9.19. The lowest BCUT2D eigenvalue weighted by Gasteiger charge is -2.14. The van der Waals surface area contributed by atoms with Gasteiger partial charge in [-0.1, -0.05) is 23.2 Å². The number of amides is 1. The third-order valence-corrected chi connectivity index (χ3v) is 4.85. The molecule has 2 rings (SSSR count). The zero-order chi connectivity index (χ0) is 18.4. The molecule has 0 radical (unpaired) electrons. The second kappa shape index (κ2) is 9.13. The van der Waals surface area contributed by atoms with Gasteiger partial charge in [0, 0.05) is 18.0 Å². The average Bonchev–Trinajstić information content (AvgIpc) is 2.97. The van der Waals surface area contributed by atoms with E-state index in [0.29, 0.717) is 34.0 Å². The largest absolute Gasteiger partial charge is 0.491 e. The molecule has 0 bridgehead atoms. The van der Waals surface area contributed by atoms with Crippen molar-refractivity contribution in [2.75, 3.05) is 20.8 Å². The molecule has 1 aromatic carbocycles. The van der Waals surface area contributed by atoms with Crippen LogP contribution in [0.2, 0.25) is 9.36 Å². The lowest BCUT2D eigenvalue weighted by Crippen LogP contribution is -2.23. The molecule has 0 aliphatic carbocycles. The minimum Gasteiger partial charge on any atom is -0.491 e. The molecular weight excluding hydrogens is 381 g/mol. The van der Waals surface area contributed by atoms with Gasteiger partial charge in [-0.25, -0.2) is 0 Å². The summed E-state index contributed by atoms with van der Waals surface area (Å²) in [5.41, 5.74) is 0.759. The highest BCUT2D eigenvalue weighted by atomic mass is 35.5. The Balaban J connectivity index is 2.10. The molecule has 134 valence electrons. The van der Waals surface area contributed by atoms with Gasteiger partial charge in [-0.3, -0.25) is 4.79 Å². The Morgan fingerprint density at radius 3 is 2.68 bits per heavy atom. The molecule has 0 saturated heterocycles. The van der Waals surface area contributed by atoms with Gasteiger partial charge in [-0.05, 0) is 42.8 Å². The van der Waals surface area contributed by atoms with E-state index in [-0.39, 0.29) is 5.91 Å². The zero-order valence-corrected chi connectivity index (χ0v) is 16.5. The molecule has 4 nitrogen and oxygen atoms in total. The Bertz CT molecular complexity index is 774. The molecule has 0 fully saturated rings. The van der Waals surface area contributed by atoms with Gasteiger partial charge >= 0.3 is 0 Å². The van der Waals surface area contributed by atoms with Gasteiger partial charge in [0.15, 0.2) is 11.5 Å². The molecule has 2 aromatic rings. The van der Waals surface area contributed by atoms with E-state index in [1.54, 1.807) is 30.2 Å². The molecule has 0 N–H and O–H groups in total. The summed E-state index contributed by atoms with van der Waals surface area (Å²) in [5, 5.41) is 0.433. The highest BCUT2D eigenvalue weighted by molar-refractivity contribution is 7.16. The smallest absolute Gasteiger partial charge is 0.246 e. The Morgan fingerprint density at radius 2 is 2.08 bits per heavy atom. The van der Waals surface area contributed by atoms with Gasteiger partial charge in [0.25, 0.3) is 0 Å². The number of nitrogens with zero attached hydrogens (tertiary/aromatic N) is 1. The highest BCUT2D eigenvalue weighted by Crippen LogP contribution is 2.36. The van der Waals surface area contributed by atoms with E-state index < -0.39 is 0 Å². The maximum absolute atomic E-state index is 12.3. The number of halogens is 2. The standard InChI is InChI=1S/C18H19Cl2NO3S/c1-4-24-15-10-12(9-14(19)18(15)23-3)5-8-17(22)21(2)11-13-6-7-16(20)25-13/h5-10H,4,11H2,1-3H3/b8-5+. The lowest BCUT2D eigenvalue weighted by atomic mass is 10.2. The van der Waals surface area contributed by atoms with E-state index in [9.17, 15) is 4.79 Å². The number of methoxy groups -OCH3 is 1. The van der Waals surface area contributed by atoms with Gasteiger partial charge in [-0.2, -0.15) is 0 Å². The number of thiophene rings is 1. The minimum absolute atomic E-state index is 0.116. The summed E-state index contributed by atoms with van der Waals surface area (Å²) in [4.78, 5) is 14.9. The molecular formula is C18H19Cl2NO3S. The van der Waals surface area contributed by atoms with Crippen molar-refractivity contribution in [1.82, 2.24) is 4.90 Å². The molecule has 0 spiro atoms. The van der Waals surface area contributed by atoms with E-state index in [4.69, 9.17) is 32.7 Å². The van der Waals surface area contributed by atoms with Gasteiger partial charge < -0.3 is 14.4 Å². The van der Waals surface area contributed by atoms with Gasteiger partial charge in [0.1, 0.15) is 0 Å². The fourth-order valence-electron chi connectivity index (χ4n) is 2.19. The van der Waals surface area contributed by atoms with E-state index >= 15 is 0 Å². The summed E-state index contributed by atoms with van der Waals surface area (Å²) >= 11 is 13.6. The van der Waals surface area contributed by atoms with E-state index in [1.807, 2.05) is 19.1 Å². The number of ether oxygens (including phenoxy) is 2. The van der Waals surface area contributed by atoms with Crippen molar-refractivity contribution in [3.8, 4) is 11.5 Å². The summed E-state index contributed by atoms with van der Waals surface area (Å²) in [5.74, 6) is 0.916. The predicted molar refractivity (Wildman–Crippen MR) is 104 cm³/mol. The highest BCUT2D eigenvalue weighted by Gasteiger charge is 2.11. The van der Waals surface area contributed by atoms with Gasteiger partial charge in [-0.15, -0.1) is 11.3 Å². The molecule has 7 heteroatoms. The molecule has 25 heavy (non-hydrogen) atoms. The summed E-state index contributed by atoms with van der Waals surface area (Å²) < 4.78 is 11.5. The number of rotatable bonds is 7. The second-order valence-electron chi connectivity index (χ2n) is 5.20. The van der Waals surface area contributed by atoms with Gasteiger partial charge in [0.05, 0.1) is 29.6 Å². The quantitative estimate of drug-likeness (QED) is 0.605. The van der Waals surface area contributed by atoms with Crippen LogP contribution in [-0.2, 0) is 11.3 Å². The molecule has 0 aliphatic rings. The molecule has 0 saturated carbocycles. The fraction of sp³-hybridized carbons (Fsp3) is 0.278. The van der Waals surface area contributed by atoms with E-state index in [2.05, 4.69) is 0 Å². The van der Waals surface area contributed by atoms with E-state index in [0.717, 1.165) is 10.4 Å². The Morgan fingerprint density at radius 1 is 1.32 bits per heavy atom. The summed E-state index contributed by atoms with van der Waals surface area (Å²) in [6, 6.07) is 7.26. The average molecular weight is 400 g/mol. The predicted octanol–water partition coefficient (Wildman–Crippen LogP) is 5.13. The van der Waals surface area contributed by atoms with Crippen LogP contribution in [0.1, 0.15) is 17.4 Å². The summed E-state index contributed by atoms with van der Waals surface area (Å²) in [6.07, 6.45) is 3.21. The lowest BCUT2D eigenvalue weighted by molar-refractivity contribution is -0.125. The Hall–Kier alpha value is -1.69. The third kappa shape index (κ3) is 5.39. The van der Waals surface area contributed by atoms with Crippen molar-refractivity contribution < 1.29 is 14.3 Å². The first-order valence-electron chi connectivity index (χ1n) is 7.62. The molecule has 0 aliphatic heterocycles. The Kier molecular flexibility index (Phi) is 7.17. The maximum atomic E-state index is 12.3. The molecule has 1 heterocycles. The maximum Gasteiger partial charge on any atom is 0.246 e. The number of hydrogen-bond acceptors (Lipinski definition) is 4. The first-order chi connectivity index (χ1) is 11.9. The van der Waals surface area contributed by atoms with Crippen molar-refractivity contribution in [2.45, 2.75) is 13.5 Å². The number of carbonyl (C=O) groups is 1. The first kappa shape index (κ1) is 19.6. The van der Waals surface area contributed by atoms with Crippen molar-refractivity contribution in [3.63, 3.8) is 0 Å². The fourth-order valence-corrected chi connectivity index (χ4v) is 3.63. The molecule has 0 atom stereocenters. The normalized spacial score (nSPS) is 10.9. The third-order valence-electron chi connectivity index (χ3n) is 3.35. The molecule has 1 aromatic heterocycles. The number of benzene rings is 1. The number of hydrogen-bond donors (Lipinski definition) is 0. The van der Waals surface area contributed by atoms with Crippen LogP contribution in [-0.4, -0.2) is 31.6 Å². The van der Waals surface area contributed by atoms with Crippen LogP contribution in [0.25, 0.3) is 6.08 Å². The summed E-state index contributed by atoms with van der Waals surface area (Å²) in [6.45, 7) is 2.88. The number of likely N-dealkylation sites (N-methyl/N-ethyl adjacent to an activating group) is 1. The van der Waals surface area contributed by atoms with Crippen LogP contribution >= 0.6 is 34.5 Å². The van der Waals surface area contributed by atoms with E-state index in [1.165, 1.54) is 24.5 Å². The molecule has 1 amide bonds. The van der Waals surface area contributed by atoms with Crippen LogP contribution < -0.4 is 9.47 Å². The van der Waals surface area contributed by atoms with Crippen molar-refractivity contribution in [1.29, 1.82) is 0 Å². The van der Waals surface area contributed by atoms with Crippen LogP contribution in [0.3, 0.4) is 0 Å². The monoisotopic (exact) mass is 399 g/mol. The SMILES string of the molecule is CCOc1cc(/C=C/C(=O)N(C)Cc2ccc(Cl)s2)cc(Cl)c1OC. The zero-order valence-electron chi connectivity index (χ0n) is 14.2. The second-order valence-corrected chi connectivity index (χ2v) is 7.41. The topological polar surface area (TPSA) is 38.8 Å². The molecule has 0 unspecified atom stereocenters. The van der Waals surface area contributed by atoms with Gasteiger partial charge in [0.2, 0.25) is 5.91 Å². The van der Waals surface area contributed by atoms with Crippen LogP contribution in [0, 0.1) is 0 Å². The van der Waals surface area contributed by atoms with Crippen molar-refractivity contribution in [3.05, 3.63) is 50.1 Å². The number of carbonyl (C=O) groups excluding carboxylic acids is 1. The van der Waals surface area contributed by atoms with Crippen molar-refractivity contribution >= 4 is 46.5 Å². The van der Waals surface area contributed by atoms with Crippen LogP contribution in [0.15, 0.2) is 30.3 Å². The summed E-state index contributed by atoms with van der Waals surface area (Å²) in [7, 11) is 3.28. The van der Waals surface area contributed by atoms with Crippen LogP contribution in [0.4, 0.5) is 0 Å².